The lowest BCUT2D eigenvalue weighted by Crippen LogP contribution is -2.59. The molecule has 0 aliphatic carbocycles. The first-order valence-electron chi connectivity index (χ1n) is 13.0. The number of hydrogen-bond donors (Lipinski definition) is 1. The van der Waals surface area contributed by atoms with Gasteiger partial charge in [-0.05, 0) is 45.0 Å². The van der Waals surface area contributed by atoms with Gasteiger partial charge in [0.15, 0.2) is 17.3 Å². The van der Waals surface area contributed by atoms with Crippen molar-refractivity contribution in [3.05, 3.63) is 73.3 Å². The summed E-state index contributed by atoms with van der Waals surface area (Å²) in [5.74, 6) is 1.10. The Balaban J connectivity index is 1.27. The van der Waals surface area contributed by atoms with Crippen molar-refractivity contribution < 1.29 is 13.9 Å². The first kappa shape index (κ1) is 26.0. The van der Waals surface area contributed by atoms with Crippen LogP contribution < -0.4 is 15.0 Å². The van der Waals surface area contributed by atoms with Crippen LogP contribution in [0.3, 0.4) is 0 Å². The number of nitrogens with zero attached hydrogens (tertiary/aromatic N) is 9. The monoisotopic (exact) mass is 554 g/mol. The zero-order valence-corrected chi connectivity index (χ0v) is 22.7. The number of anilines is 3. The molecule has 1 aromatic carbocycles. The number of aromatic nitrogens is 7. The first-order chi connectivity index (χ1) is 19.8. The lowest BCUT2D eigenvalue weighted by atomic mass is 10.0. The number of rotatable bonds is 6. The van der Waals surface area contributed by atoms with Crippen molar-refractivity contribution in [1.82, 2.24) is 39.4 Å². The van der Waals surface area contributed by atoms with Crippen LogP contribution in [0.25, 0.3) is 16.7 Å². The normalized spacial score (nSPS) is 17.2. The minimum atomic E-state index is -0.488. The van der Waals surface area contributed by atoms with Crippen molar-refractivity contribution in [2.24, 2.45) is 0 Å². The van der Waals surface area contributed by atoms with E-state index in [1.807, 2.05) is 18.7 Å². The Kier molecular flexibility index (Phi) is 6.61. The van der Waals surface area contributed by atoms with Gasteiger partial charge in [-0.3, -0.25) is 4.79 Å². The molecule has 13 heteroatoms. The third-order valence-electron chi connectivity index (χ3n) is 7.41. The van der Waals surface area contributed by atoms with Gasteiger partial charge >= 0.3 is 0 Å². The van der Waals surface area contributed by atoms with Gasteiger partial charge in [-0.1, -0.05) is 6.58 Å². The Morgan fingerprint density at radius 1 is 1.12 bits per heavy atom. The molecule has 0 radical (unpaired) electrons. The fraction of sp³-hybridized carbons (Fsp3) is 0.250. The van der Waals surface area contributed by atoms with Crippen molar-refractivity contribution in [1.29, 1.82) is 0 Å². The number of ether oxygens (including phenoxy) is 1. The minimum absolute atomic E-state index is 0.0516. The summed E-state index contributed by atoms with van der Waals surface area (Å²) in [4.78, 5) is 38.1. The number of fused-ring (bicyclic) bond motifs is 2. The number of carbonyl (C=O) groups excluding carboxylic acids is 1. The molecule has 4 aromatic heterocycles. The largest absolute Gasteiger partial charge is 0.457 e. The van der Waals surface area contributed by atoms with E-state index < -0.39 is 5.82 Å². The maximum Gasteiger partial charge on any atom is 0.246 e. The van der Waals surface area contributed by atoms with Gasteiger partial charge < -0.3 is 19.9 Å². The number of hydrogen-bond acceptors (Lipinski definition) is 10. The maximum absolute atomic E-state index is 15.6. The van der Waals surface area contributed by atoms with Gasteiger partial charge in [0.05, 0.1) is 11.9 Å². The van der Waals surface area contributed by atoms with Gasteiger partial charge in [0.1, 0.15) is 35.2 Å². The maximum atomic E-state index is 15.6. The highest BCUT2D eigenvalue weighted by atomic mass is 19.1. The second-order valence-electron chi connectivity index (χ2n) is 9.74. The van der Waals surface area contributed by atoms with E-state index in [9.17, 15) is 4.79 Å². The minimum Gasteiger partial charge on any atom is -0.457 e. The third kappa shape index (κ3) is 4.75. The van der Waals surface area contributed by atoms with Crippen LogP contribution in [-0.4, -0.2) is 70.5 Å². The zero-order chi connectivity index (χ0) is 28.7. The van der Waals surface area contributed by atoms with Gasteiger partial charge in [-0.25, -0.2) is 33.8 Å². The molecule has 0 saturated carbocycles. The molecule has 0 bridgehead atoms. The average molecular weight is 555 g/mol. The molecular formula is C28H27FN10O2. The van der Waals surface area contributed by atoms with E-state index in [0.717, 1.165) is 0 Å². The zero-order valence-electron chi connectivity index (χ0n) is 22.7. The van der Waals surface area contributed by atoms with E-state index in [1.54, 1.807) is 53.0 Å². The Bertz CT molecular complexity index is 1790. The molecule has 2 atom stereocenters. The lowest BCUT2D eigenvalue weighted by molar-refractivity contribution is -0.129. The predicted octanol–water partition coefficient (Wildman–Crippen LogP) is 4.06. The SMILES string of the molecule is C=CC(=O)N1CCN(c2ncc3ncnc(Nc4ccc(Oc5ccn6ncnc6c5)c(C)c4F)c3n2)[C@H](C)[C@@H]1C. The highest BCUT2D eigenvalue weighted by Gasteiger charge is 2.34. The number of pyridine rings is 1. The number of benzene rings is 1. The molecule has 41 heavy (non-hydrogen) atoms. The Morgan fingerprint density at radius 3 is 2.80 bits per heavy atom. The van der Waals surface area contributed by atoms with Gasteiger partial charge in [-0.15, -0.1) is 0 Å². The van der Waals surface area contributed by atoms with Crippen LogP contribution in [0.4, 0.5) is 21.8 Å². The standard InChI is InChI=1S/C28H27FN10O2/c1-5-24(40)37-10-11-38(18(4)17(37)3)28-30-13-21-26(36-28)27(33-14-31-21)35-20-6-7-22(16(2)25(20)29)41-19-8-9-39-23(12-19)32-15-34-39/h5-9,12-15,17-18H,1,10-11H2,2-4H3,(H,31,33,35)/t17-,18+/m0/s1. The summed E-state index contributed by atoms with van der Waals surface area (Å²) in [6, 6.07) is 6.60. The highest BCUT2D eigenvalue weighted by molar-refractivity contribution is 5.88. The fourth-order valence-electron chi connectivity index (χ4n) is 4.92. The van der Waals surface area contributed by atoms with Crippen LogP contribution in [0.2, 0.25) is 0 Å². The van der Waals surface area contributed by atoms with Crippen LogP contribution in [-0.2, 0) is 4.79 Å². The van der Waals surface area contributed by atoms with Crippen LogP contribution in [0, 0.1) is 12.7 Å². The highest BCUT2D eigenvalue weighted by Crippen LogP contribution is 2.33. The van der Waals surface area contributed by atoms with Gasteiger partial charge in [-0.2, -0.15) is 5.10 Å². The number of piperazine rings is 1. The first-order valence-corrected chi connectivity index (χ1v) is 13.0. The molecule has 1 saturated heterocycles. The smallest absolute Gasteiger partial charge is 0.246 e. The Labute approximate surface area is 234 Å². The molecule has 1 amide bonds. The van der Waals surface area contributed by atoms with E-state index in [2.05, 4.69) is 36.9 Å². The molecule has 5 aromatic rings. The molecule has 0 spiro atoms. The third-order valence-corrected chi connectivity index (χ3v) is 7.41. The second kappa shape index (κ2) is 10.4. The predicted molar refractivity (Wildman–Crippen MR) is 151 cm³/mol. The summed E-state index contributed by atoms with van der Waals surface area (Å²) >= 11 is 0. The van der Waals surface area contributed by atoms with E-state index in [0.29, 0.717) is 58.6 Å². The van der Waals surface area contributed by atoms with E-state index in [1.165, 1.54) is 18.7 Å². The van der Waals surface area contributed by atoms with Gasteiger partial charge in [0.25, 0.3) is 0 Å². The molecular weight excluding hydrogens is 527 g/mol. The van der Waals surface area contributed by atoms with Gasteiger partial charge in [0, 0.05) is 43.0 Å². The molecule has 1 aliphatic heterocycles. The molecule has 5 heterocycles. The van der Waals surface area contributed by atoms with Crippen molar-refractivity contribution in [2.45, 2.75) is 32.9 Å². The number of amides is 1. The van der Waals surface area contributed by atoms with E-state index in [-0.39, 0.29) is 23.7 Å². The quantitative estimate of drug-likeness (QED) is 0.307. The summed E-state index contributed by atoms with van der Waals surface area (Å²) < 4.78 is 23.1. The number of halogens is 1. The average Bonchev–Trinajstić information content (AvgIpc) is 3.46. The summed E-state index contributed by atoms with van der Waals surface area (Å²) in [6.07, 6.45) is 7.49. The summed E-state index contributed by atoms with van der Waals surface area (Å²) in [7, 11) is 0. The summed E-state index contributed by atoms with van der Waals surface area (Å²) in [6.45, 7) is 10.3. The fourth-order valence-corrected chi connectivity index (χ4v) is 4.92. The van der Waals surface area contributed by atoms with E-state index in [4.69, 9.17) is 9.72 Å². The van der Waals surface area contributed by atoms with Crippen molar-refractivity contribution in [3.8, 4) is 11.5 Å². The number of nitrogens with one attached hydrogen (secondary N) is 1. The molecule has 208 valence electrons. The molecule has 1 aliphatic rings. The molecule has 1 N–H and O–H groups in total. The van der Waals surface area contributed by atoms with Crippen molar-refractivity contribution in [2.75, 3.05) is 23.3 Å². The molecule has 1 fully saturated rings. The van der Waals surface area contributed by atoms with Crippen LogP contribution >= 0.6 is 0 Å². The van der Waals surface area contributed by atoms with Crippen LogP contribution in [0.5, 0.6) is 11.5 Å². The molecule has 12 nitrogen and oxygen atoms in total. The van der Waals surface area contributed by atoms with Crippen molar-refractivity contribution in [3.63, 3.8) is 0 Å². The molecule has 6 rings (SSSR count). The Morgan fingerprint density at radius 2 is 1.98 bits per heavy atom. The van der Waals surface area contributed by atoms with E-state index >= 15 is 4.39 Å². The van der Waals surface area contributed by atoms with Crippen LogP contribution in [0.1, 0.15) is 19.4 Å². The molecule has 0 unspecified atom stereocenters. The van der Waals surface area contributed by atoms with Crippen molar-refractivity contribution >= 4 is 40.0 Å². The summed E-state index contributed by atoms with van der Waals surface area (Å²) in [5.41, 5.74) is 2.10. The topological polar surface area (TPSA) is 127 Å². The second-order valence-corrected chi connectivity index (χ2v) is 9.74. The van der Waals surface area contributed by atoms with Crippen LogP contribution in [0.15, 0.2) is 62.0 Å². The van der Waals surface area contributed by atoms with Gasteiger partial charge in [0.2, 0.25) is 11.9 Å². The summed E-state index contributed by atoms with van der Waals surface area (Å²) in [5, 5.41) is 7.14. The number of carbonyl (C=O) groups is 1. The lowest BCUT2D eigenvalue weighted by Gasteiger charge is -2.44. The Hall–Kier alpha value is -5.20.